The summed E-state index contributed by atoms with van der Waals surface area (Å²) in [6, 6.07) is 4.78. The summed E-state index contributed by atoms with van der Waals surface area (Å²) in [5, 5.41) is 8.40. The lowest BCUT2D eigenvalue weighted by atomic mass is 9.93. The molecule has 0 spiro atoms. The molecule has 0 saturated heterocycles. The van der Waals surface area contributed by atoms with E-state index in [2.05, 4.69) is 4.74 Å². The van der Waals surface area contributed by atoms with Gasteiger partial charge in [0.2, 0.25) is 0 Å². The molecule has 4 heteroatoms. The van der Waals surface area contributed by atoms with Crippen LogP contribution in [0.4, 0.5) is 0 Å². The van der Waals surface area contributed by atoms with Crippen molar-refractivity contribution < 1.29 is 14.3 Å². The molecule has 1 aliphatic heterocycles. The standard InChI is InChI=1S/C12H11NO3/c1-12(2)6-10(14)9-4-3-8(15-7-13)5-11(9)16-12/h3-5H,6H2,1-2H3. The minimum atomic E-state index is -0.505. The first-order valence-corrected chi connectivity index (χ1v) is 4.94. The monoisotopic (exact) mass is 217 g/mol. The molecular formula is C12H11NO3. The van der Waals surface area contributed by atoms with Crippen molar-refractivity contribution in [3.05, 3.63) is 23.8 Å². The average molecular weight is 217 g/mol. The lowest BCUT2D eigenvalue weighted by Gasteiger charge is -2.31. The first kappa shape index (κ1) is 10.5. The molecule has 1 aliphatic rings. The highest BCUT2D eigenvalue weighted by molar-refractivity contribution is 6.00. The Kier molecular flexibility index (Phi) is 2.31. The predicted octanol–water partition coefficient (Wildman–Crippen LogP) is 2.29. The number of ketones is 1. The van der Waals surface area contributed by atoms with Crippen LogP contribution in [0.25, 0.3) is 0 Å². The summed E-state index contributed by atoms with van der Waals surface area (Å²) < 4.78 is 10.4. The number of carbonyl (C=O) groups is 1. The van der Waals surface area contributed by atoms with Gasteiger partial charge in [0.1, 0.15) is 17.1 Å². The first-order chi connectivity index (χ1) is 7.52. The molecular weight excluding hydrogens is 206 g/mol. The molecule has 4 nitrogen and oxygen atoms in total. The minimum Gasteiger partial charge on any atom is -0.486 e. The summed E-state index contributed by atoms with van der Waals surface area (Å²) in [6.45, 7) is 3.71. The van der Waals surface area contributed by atoms with Gasteiger partial charge >= 0.3 is 0 Å². The van der Waals surface area contributed by atoms with E-state index < -0.39 is 5.60 Å². The van der Waals surface area contributed by atoms with Gasteiger partial charge in [0.25, 0.3) is 6.26 Å². The van der Waals surface area contributed by atoms with Crippen molar-refractivity contribution in [1.29, 1.82) is 5.26 Å². The highest BCUT2D eigenvalue weighted by Gasteiger charge is 2.32. The number of fused-ring (bicyclic) bond motifs is 1. The third kappa shape index (κ3) is 1.84. The van der Waals surface area contributed by atoms with Crippen molar-refractivity contribution in [2.75, 3.05) is 0 Å². The third-order valence-corrected chi connectivity index (χ3v) is 2.39. The molecule has 0 aliphatic carbocycles. The van der Waals surface area contributed by atoms with E-state index in [-0.39, 0.29) is 5.78 Å². The lowest BCUT2D eigenvalue weighted by Crippen LogP contribution is -2.35. The number of ether oxygens (including phenoxy) is 2. The van der Waals surface area contributed by atoms with Crippen LogP contribution in [-0.4, -0.2) is 11.4 Å². The van der Waals surface area contributed by atoms with Crippen LogP contribution in [0.5, 0.6) is 11.5 Å². The summed E-state index contributed by atoms with van der Waals surface area (Å²) in [7, 11) is 0. The van der Waals surface area contributed by atoms with E-state index in [0.29, 0.717) is 23.5 Å². The maximum absolute atomic E-state index is 11.8. The van der Waals surface area contributed by atoms with E-state index in [1.807, 2.05) is 13.8 Å². The Morgan fingerprint density at radius 2 is 2.25 bits per heavy atom. The Morgan fingerprint density at radius 3 is 2.94 bits per heavy atom. The van der Waals surface area contributed by atoms with Gasteiger partial charge < -0.3 is 9.47 Å². The van der Waals surface area contributed by atoms with Crippen LogP contribution in [0.15, 0.2) is 18.2 Å². The minimum absolute atomic E-state index is 0.0507. The molecule has 0 amide bonds. The fourth-order valence-electron chi connectivity index (χ4n) is 1.75. The van der Waals surface area contributed by atoms with Gasteiger partial charge in [0, 0.05) is 6.07 Å². The molecule has 0 atom stereocenters. The van der Waals surface area contributed by atoms with E-state index in [4.69, 9.17) is 10.00 Å². The summed E-state index contributed by atoms with van der Waals surface area (Å²) in [6.07, 6.45) is 1.94. The van der Waals surface area contributed by atoms with Crippen LogP contribution in [0.1, 0.15) is 30.6 Å². The van der Waals surface area contributed by atoms with Gasteiger partial charge in [-0.3, -0.25) is 4.79 Å². The Bertz CT molecular complexity index is 486. The molecule has 0 saturated carbocycles. The average Bonchev–Trinajstić information content (AvgIpc) is 2.15. The van der Waals surface area contributed by atoms with Crippen molar-refractivity contribution in [2.24, 2.45) is 0 Å². The van der Waals surface area contributed by atoms with E-state index >= 15 is 0 Å². The van der Waals surface area contributed by atoms with Crippen molar-refractivity contribution in [1.82, 2.24) is 0 Å². The number of rotatable bonds is 1. The largest absolute Gasteiger partial charge is 0.486 e. The van der Waals surface area contributed by atoms with Gasteiger partial charge in [-0.25, -0.2) is 0 Å². The summed E-state index contributed by atoms with van der Waals surface area (Å²) in [5.74, 6) is 0.913. The zero-order valence-electron chi connectivity index (χ0n) is 9.11. The van der Waals surface area contributed by atoms with Crippen LogP contribution >= 0.6 is 0 Å². The normalized spacial score (nSPS) is 16.9. The highest BCUT2D eigenvalue weighted by atomic mass is 16.5. The number of Topliss-reactive ketones (excluding diaryl/α,β-unsaturated/α-hetero) is 1. The molecule has 82 valence electrons. The Hall–Kier alpha value is -2.02. The second-order valence-electron chi connectivity index (χ2n) is 4.31. The molecule has 2 rings (SSSR count). The fraction of sp³-hybridized carbons (Fsp3) is 0.333. The topological polar surface area (TPSA) is 59.3 Å². The summed E-state index contributed by atoms with van der Waals surface area (Å²) in [5.41, 5.74) is 0.0413. The molecule has 1 aromatic carbocycles. The summed E-state index contributed by atoms with van der Waals surface area (Å²) in [4.78, 5) is 11.8. The molecule has 1 heterocycles. The number of hydrogen-bond acceptors (Lipinski definition) is 4. The fourth-order valence-corrected chi connectivity index (χ4v) is 1.75. The SMILES string of the molecule is CC1(C)CC(=O)c2ccc(OC#N)cc2O1. The highest BCUT2D eigenvalue weighted by Crippen LogP contribution is 2.35. The second-order valence-corrected chi connectivity index (χ2v) is 4.31. The molecule has 0 N–H and O–H groups in total. The zero-order chi connectivity index (χ0) is 11.8. The van der Waals surface area contributed by atoms with Crippen molar-refractivity contribution >= 4 is 5.78 Å². The maximum atomic E-state index is 11.8. The van der Waals surface area contributed by atoms with E-state index in [9.17, 15) is 4.79 Å². The van der Waals surface area contributed by atoms with Crippen molar-refractivity contribution in [3.63, 3.8) is 0 Å². The molecule has 0 aromatic heterocycles. The van der Waals surface area contributed by atoms with Gasteiger partial charge in [-0.1, -0.05) is 0 Å². The Labute approximate surface area is 93.4 Å². The Balaban J connectivity index is 2.43. The number of benzene rings is 1. The van der Waals surface area contributed by atoms with Crippen molar-refractivity contribution in [3.8, 4) is 17.8 Å². The van der Waals surface area contributed by atoms with Crippen LogP contribution in [0.2, 0.25) is 0 Å². The van der Waals surface area contributed by atoms with Crippen LogP contribution in [0, 0.1) is 11.5 Å². The quantitative estimate of drug-likeness (QED) is 0.677. The van der Waals surface area contributed by atoms with Gasteiger partial charge in [-0.2, -0.15) is 0 Å². The molecule has 1 aromatic rings. The zero-order valence-corrected chi connectivity index (χ0v) is 9.11. The predicted molar refractivity (Wildman–Crippen MR) is 56.3 cm³/mol. The van der Waals surface area contributed by atoms with Crippen LogP contribution < -0.4 is 9.47 Å². The third-order valence-electron chi connectivity index (χ3n) is 2.39. The Morgan fingerprint density at radius 1 is 1.50 bits per heavy atom. The number of hydrogen-bond donors (Lipinski definition) is 0. The van der Waals surface area contributed by atoms with Gasteiger partial charge in [0.05, 0.1) is 12.0 Å². The lowest BCUT2D eigenvalue weighted by molar-refractivity contribution is 0.0619. The second kappa shape index (κ2) is 3.53. The molecule has 0 radical (unpaired) electrons. The number of nitriles is 1. The van der Waals surface area contributed by atoms with E-state index in [1.165, 1.54) is 0 Å². The van der Waals surface area contributed by atoms with E-state index in [1.54, 1.807) is 24.5 Å². The van der Waals surface area contributed by atoms with Crippen molar-refractivity contribution in [2.45, 2.75) is 25.9 Å². The van der Waals surface area contributed by atoms with Crippen LogP contribution in [0.3, 0.4) is 0 Å². The number of nitrogens with zero attached hydrogens (tertiary/aromatic N) is 1. The molecule has 0 fully saturated rings. The maximum Gasteiger partial charge on any atom is 0.292 e. The van der Waals surface area contributed by atoms with Crippen LogP contribution in [-0.2, 0) is 0 Å². The first-order valence-electron chi connectivity index (χ1n) is 4.94. The van der Waals surface area contributed by atoms with Gasteiger partial charge in [-0.05, 0) is 26.0 Å². The number of carbonyl (C=O) groups excluding carboxylic acids is 1. The summed E-state index contributed by atoms with van der Waals surface area (Å²) >= 11 is 0. The smallest absolute Gasteiger partial charge is 0.292 e. The van der Waals surface area contributed by atoms with Gasteiger partial charge in [0.15, 0.2) is 5.78 Å². The van der Waals surface area contributed by atoms with E-state index in [0.717, 1.165) is 0 Å². The molecule has 0 bridgehead atoms. The molecule has 0 unspecified atom stereocenters. The van der Waals surface area contributed by atoms with Gasteiger partial charge in [-0.15, -0.1) is 5.26 Å². The molecule has 16 heavy (non-hydrogen) atoms.